The first-order valence-corrected chi connectivity index (χ1v) is 19.3. The van der Waals surface area contributed by atoms with Crippen LogP contribution in [-0.2, 0) is 57.2 Å². The Kier molecular flexibility index (Phi) is 21.9. The van der Waals surface area contributed by atoms with Crippen LogP contribution in [0.15, 0.2) is 91.0 Å². The summed E-state index contributed by atoms with van der Waals surface area (Å²) in [7, 11) is 0. The van der Waals surface area contributed by atoms with Crippen molar-refractivity contribution in [2.45, 2.75) is 46.1 Å². The number of rotatable bonds is 26. The molecule has 0 fully saturated rings. The summed E-state index contributed by atoms with van der Waals surface area (Å²) in [6, 6.07) is 20.5. The number of benzene rings is 3. The maximum atomic E-state index is 12.8. The Bertz CT molecular complexity index is 1800. The number of hydrogen-bond donors (Lipinski definition) is 0. The third-order valence-electron chi connectivity index (χ3n) is 7.62. The average Bonchev–Trinajstić information content (AvgIpc) is 3.24. The van der Waals surface area contributed by atoms with Gasteiger partial charge < -0.3 is 42.6 Å². The van der Waals surface area contributed by atoms with Crippen LogP contribution >= 0.6 is 0 Å². The van der Waals surface area contributed by atoms with Gasteiger partial charge in [0, 0.05) is 18.2 Å². The minimum absolute atomic E-state index is 0.0106. The summed E-state index contributed by atoms with van der Waals surface area (Å²) in [5.74, 6) is -1.87. The van der Waals surface area contributed by atoms with Gasteiger partial charge in [-0.3, -0.25) is 14.4 Å². The minimum Gasteiger partial charge on any atom is -0.493 e. The standard InChI is InChI=1S/C45H50O15/c1-4-52-40(46)22-13-33-7-16-36(17-8-33)55-28-25-43(49)58-31-39(60-45(51)27-30-57-38-20-11-35(12-21-38)15-24-42(48)54-6-3)32-59-44(50)26-29-56-37-18-9-34(10-19-37)14-23-41(47)53-5-2/h7-24,39H,4-6,25-32H2,1-3H3. The van der Waals surface area contributed by atoms with Crippen LogP contribution in [0.25, 0.3) is 18.2 Å². The Labute approximate surface area is 348 Å². The molecule has 0 amide bonds. The fourth-order valence-electron chi connectivity index (χ4n) is 4.72. The summed E-state index contributed by atoms with van der Waals surface area (Å²) in [5.41, 5.74) is 2.24. The fraction of sp³-hybridized carbons (Fsp3) is 0.333. The van der Waals surface area contributed by atoms with Gasteiger partial charge in [-0.05, 0) is 92.1 Å². The molecule has 0 aliphatic carbocycles. The van der Waals surface area contributed by atoms with Gasteiger partial charge in [0.25, 0.3) is 0 Å². The van der Waals surface area contributed by atoms with Crippen molar-refractivity contribution in [1.82, 2.24) is 0 Å². The van der Waals surface area contributed by atoms with Crippen molar-refractivity contribution in [2.24, 2.45) is 0 Å². The Hall–Kier alpha value is -6.90. The molecule has 0 spiro atoms. The van der Waals surface area contributed by atoms with E-state index in [-0.39, 0.29) is 58.9 Å². The lowest BCUT2D eigenvalue weighted by atomic mass is 10.2. The molecule has 0 aliphatic rings. The smallest absolute Gasteiger partial charge is 0.330 e. The normalized spacial score (nSPS) is 11.4. The molecular weight excluding hydrogens is 780 g/mol. The highest BCUT2D eigenvalue weighted by atomic mass is 16.6. The van der Waals surface area contributed by atoms with Gasteiger partial charge in [-0.2, -0.15) is 0 Å². The van der Waals surface area contributed by atoms with E-state index in [0.717, 1.165) is 16.7 Å². The van der Waals surface area contributed by atoms with Crippen LogP contribution in [0.2, 0.25) is 0 Å². The zero-order valence-corrected chi connectivity index (χ0v) is 33.9. The summed E-state index contributed by atoms with van der Waals surface area (Å²) >= 11 is 0. The monoisotopic (exact) mass is 830 g/mol. The molecule has 15 nitrogen and oxygen atoms in total. The van der Waals surface area contributed by atoms with E-state index in [1.165, 1.54) is 18.2 Å². The highest BCUT2D eigenvalue weighted by Crippen LogP contribution is 2.16. The van der Waals surface area contributed by atoms with Crippen LogP contribution in [0.3, 0.4) is 0 Å². The van der Waals surface area contributed by atoms with E-state index in [9.17, 15) is 28.8 Å². The second-order valence-corrected chi connectivity index (χ2v) is 12.2. The van der Waals surface area contributed by atoms with Gasteiger partial charge >= 0.3 is 35.8 Å². The third-order valence-corrected chi connectivity index (χ3v) is 7.62. The van der Waals surface area contributed by atoms with Gasteiger partial charge in [0.2, 0.25) is 0 Å². The van der Waals surface area contributed by atoms with Crippen molar-refractivity contribution in [3.05, 3.63) is 108 Å². The lowest BCUT2D eigenvalue weighted by Gasteiger charge is -2.18. The second kappa shape index (κ2) is 27.7. The first kappa shape index (κ1) is 47.5. The van der Waals surface area contributed by atoms with Crippen LogP contribution in [0, 0.1) is 0 Å². The first-order chi connectivity index (χ1) is 29.1. The van der Waals surface area contributed by atoms with E-state index in [0.29, 0.717) is 17.2 Å². The Morgan fingerprint density at radius 3 is 1.03 bits per heavy atom. The minimum atomic E-state index is -1.12. The quantitative estimate of drug-likeness (QED) is 0.0511. The molecule has 0 saturated heterocycles. The van der Waals surface area contributed by atoms with Gasteiger partial charge in [-0.15, -0.1) is 0 Å². The van der Waals surface area contributed by atoms with Crippen molar-refractivity contribution in [3.8, 4) is 17.2 Å². The van der Waals surface area contributed by atoms with Crippen LogP contribution < -0.4 is 14.2 Å². The summed E-state index contributed by atoms with van der Waals surface area (Å²) in [5, 5.41) is 0. The molecule has 3 rings (SSSR count). The Morgan fingerprint density at radius 1 is 0.433 bits per heavy atom. The second-order valence-electron chi connectivity index (χ2n) is 12.2. The van der Waals surface area contributed by atoms with Crippen molar-refractivity contribution >= 4 is 54.0 Å². The lowest BCUT2D eigenvalue weighted by molar-refractivity contribution is -0.167. The van der Waals surface area contributed by atoms with Crippen LogP contribution in [0.4, 0.5) is 0 Å². The zero-order chi connectivity index (χ0) is 43.4. The molecule has 60 heavy (non-hydrogen) atoms. The van der Waals surface area contributed by atoms with E-state index >= 15 is 0 Å². The zero-order valence-electron chi connectivity index (χ0n) is 33.9. The molecule has 0 heterocycles. The molecule has 0 radical (unpaired) electrons. The topological polar surface area (TPSA) is 185 Å². The number of hydrogen-bond acceptors (Lipinski definition) is 15. The summed E-state index contributed by atoms with van der Waals surface area (Å²) in [6.45, 7) is 5.14. The molecule has 3 aromatic carbocycles. The van der Waals surface area contributed by atoms with Crippen LogP contribution in [0.5, 0.6) is 17.2 Å². The molecule has 0 saturated carbocycles. The lowest BCUT2D eigenvalue weighted by Crippen LogP contribution is -2.31. The molecule has 0 aromatic heterocycles. The van der Waals surface area contributed by atoms with Gasteiger partial charge in [0.05, 0.1) is 58.9 Å². The van der Waals surface area contributed by atoms with E-state index in [4.69, 9.17) is 42.6 Å². The van der Waals surface area contributed by atoms with Crippen LogP contribution in [-0.4, -0.2) is 94.8 Å². The molecule has 15 heteroatoms. The predicted molar refractivity (Wildman–Crippen MR) is 218 cm³/mol. The van der Waals surface area contributed by atoms with Gasteiger partial charge in [-0.1, -0.05) is 36.4 Å². The Morgan fingerprint density at radius 2 is 0.733 bits per heavy atom. The van der Waals surface area contributed by atoms with Gasteiger partial charge in [0.1, 0.15) is 30.5 Å². The van der Waals surface area contributed by atoms with Crippen molar-refractivity contribution in [1.29, 1.82) is 0 Å². The van der Waals surface area contributed by atoms with E-state index < -0.39 is 55.1 Å². The van der Waals surface area contributed by atoms with Gasteiger partial charge in [0.15, 0.2) is 6.10 Å². The van der Waals surface area contributed by atoms with Crippen LogP contribution in [0.1, 0.15) is 56.7 Å². The fourth-order valence-corrected chi connectivity index (χ4v) is 4.72. The molecule has 320 valence electrons. The Balaban J connectivity index is 1.48. The molecular formula is C45H50O15. The predicted octanol–water partition coefficient (Wildman–Crippen LogP) is 6.12. The van der Waals surface area contributed by atoms with E-state index in [1.807, 2.05) is 0 Å². The largest absolute Gasteiger partial charge is 0.493 e. The number of carbonyl (C=O) groups is 6. The molecule has 0 N–H and O–H groups in total. The number of ether oxygens (including phenoxy) is 9. The van der Waals surface area contributed by atoms with E-state index in [1.54, 1.807) is 112 Å². The molecule has 0 aliphatic heterocycles. The highest BCUT2D eigenvalue weighted by molar-refractivity contribution is 5.88. The molecule has 0 unspecified atom stereocenters. The SMILES string of the molecule is CCOC(=O)C=Cc1ccc(OCCC(=O)OCC(COC(=O)CCOc2ccc(C=CC(=O)OCC)cc2)OC(=O)CCOc2ccc(C=CC(=O)OCC)cc2)cc1. The molecule has 3 aromatic rings. The average molecular weight is 831 g/mol. The number of esters is 6. The third kappa shape index (κ3) is 20.5. The number of carbonyl (C=O) groups excluding carboxylic acids is 6. The summed E-state index contributed by atoms with van der Waals surface area (Å²) in [4.78, 5) is 72.5. The van der Waals surface area contributed by atoms with E-state index in [2.05, 4.69) is 0 Å². The molecule has 0 atom stereocenters. The van der Waals surface area contributed by atoms with Crippen molar-refractivity contribution < 1.29 is 71.4 Å². The molecule has 0 bridgehead atoms. The van der Waals surface area contributed by atoms with Crippen molar-refractivity contribution in [3.63, 3.8) is 0 Å². The summed E-state index contributed by atoms with van der Waals surface area (Å²) < 4.78 is 47.7. The highest BCUT2D eigenvalue weighted by Gasteiger charge is 2.20. The maximum Gasteiger partial charge on any atom is 0.330 e. The summed E-state index contributed by atoms with van der Waals surface area (Å²) in [6.07, 6.45) is 7.21. The van der Waals surface area contributed by atoms with Gasteiger partial charge in [-0.25, -0.2) is 14.4 Å². The maximum absolute atomic E-state index is 12.8. The first-order valence-electron chi connectivity index (χ1n) is 19.3. The van der Waals surface area contributed by atoms with Crippen molar-refractivity contribution in [2.75, 3.05) is 52.9 Å².